The van der Waals surface area contributed by atoms with E-state index in [1.165, 1.54) is 11.1 Å². The Labute approximate surface area is 130 Å². The molecule has 0 saturated carbocycles. The largest absolute Gasteiger partial charge is 0.308 e. The van der Waals surface area contributed by atoms with Gasteiger partial charge in [-0.3, -0.25) is 0 Å². The van der Waals surface area contributed by atoms with Gasteiger partial charge >= 0.3 is 0 Å². The van der Waals surface area contributed by atoms with Crippen molar-refractivity contribution < 1.29 is 0 Å². The molecule has 2 aromatic rings. The third kappa shape index (κ3) is 4.77. The van der Waals surface area contributed by atoms with Crippen molar-refractivity contribution in [1.82, 2.24) is 5.32 Å². The van der Waals surface area contributed by atoms with Crippen LogP contribution < -0.4 is 5.32 Å². The molecule has 0 amide bonds. The first-order valence-corrected chi connectivity index (χ1v) is 8.00. The second kappa shape index (κ2) is 7.61. The van der Waals surface area contributed by atoms with Crippen LogP contribution in [0.4, 0.5) is 0 Å². The number of benzene rings is 2. The molecular weight excluding hydrogens is 310 g/mol. The molecule has 2 aromatic carbocycles. The predicted molar refractivity (Wildman–Crippen MR) is 89.9 cm³/mol. The molecule has 0 aliphatic rings. The molecule has 1 unspecified atom stereocenters. The van der Waals surface area contributed by atoms with E-state index >= 15 is 0 Å². The highest BCUT2D eigenvalue weighted by Crippen LogP contribution is 2.17. The van der Waals surface area contributed by atoms with Crippen molar-refractivity contribution in [3.8, 4) is 0 Å². The summed E-state index contributed by atoms with van der Waals surface area (Å²) in [5.74, 6) is 0. The van der Waals surface area contributed by atoms with Crippen LogP contribution in [0.2, 0.25) is 0 Å². The standard InChI is InChI=1S/C18H22BrN/c1-14(8-9-16-6-4-3-5-7-16)20-15(2)17-10-12-18(19)13-11-17/h3-7,10-15,20H,8-9H2,1-2H3/t14?,15-/m0/s1. The molecule has 2 heteroatoms. The van der Waals surface area contributed by atoms with Crippen LogP contribution >= 0.6 is 15.9 Å². The van der Waals surface area contributed by atoms with Gasteiger partial charge in [-0.2, -0.15) is 0 Å². The lowest BCUT2D eigenvalue weighted by molar-refractivity contribution is 0.456. The lowest BCUT2D eigenvalue weighted by Gasteiger charge is -2.20. The Bertz CT molecular complexity index is 507. The highest BCUT2D eigenvalue weighted by atomic mass is 79.9. The molecule has 0 saturated heterocycles. The zero-order valence-electron chi connectivity index (χ0n) is 12.1. The quantitative estimate of drug-likeness (QED) is 0.774. The Morgan fingerprint density at radius 3 is 2.25 bits per heavy atom. The average Bonchev–Trinajstić information content (AvgIpc) is 2.47. The number of hydrogen-bond donors (Lipinski definition) is 1. The van der Waals surface area contributed by atoms with E-state index in [1.807, 2.05) is 0 Å². The number of halogens is 1. The van der Waals surface area contributed by atoms with Crippen molar-refractivity contribution in [3.63, 3.8) is 0 Å². The van der Waals surface area contributed by atoms with E-state index in [-0.39, 0.29) is 0 Å². The summed E-state index contributed by atoms with van der Waals surface area (Å²) >= 11 is 3.48. The van der Waals surface area contributed by atoms with Crippen molar-refractivity contribution in [2.24, 2.45) is 0 Å². The summed E-state index contributed by atoms with van der Waals surface area (Å²) < 4.78 is 1.13. The van der Waals surface area contributed by atoms with Gasteiger partial charge in [0.2, 0.25) is 0 Å². The van der Waals surface area contributed by atoms with E-state index in [9.17, 15) is 0 Å². The fourth-order valence-electron chi connectivity index (χ4n) is 2.39. The van der Waals surface area contributed by atoms with Crippen molar-refractivity contribution in [3.05, 3.63) is 70.2 Å². The first-order valence-electron chi connectivity index (χ1n) is 7.20. The van der Waals surface area contributed by atoms with E-state index in [0.29, 0.717) is 12.1 Å². The third-order valence-corrected chi connectivity index (χ3v) is 4.14. The van der Waals surface area contributed by atoms with E-state index in [4.69, 9.17) is 0 Å². The minimum absolute atomic E-state index is 0.383. The minimum atomic E-state index is 0.383. The van der Waals surface area contributed by atoms with Crippen LogP contribution in [0.1, 0.15) is 37.4 Å². The Kier molecular flexibility index (Phi) is 5.81. The van der Waals surface area contributed by atoms with Crippen LogP contribution in [0.25, 0.3) is 0 Å². The summed E-state index contributed by atoms with van der Waals surface area (Å²) in [5, 5.41) is 3.67. The fraction of sp³-hybridized carbons (Fsp3) is 0.333. The molecule has 0 aliphatic carbocycles. The van der Waals surface area contributed by atoms with Gasteiger partial charge in [-0.25, -0.2) is 0 Å². The molecule has 0 spiro atoms. The second-order valence-corrected chi connectivity index (χ2v) is 6.28. The first kappa shape index (κ1) is 15.3. The van der Waals surface area contributed by atoms with Gasteiger partial charge in [0.1, 0.15) is 0 Å². The Balaban J connectivity index is 1.82. The molecule has 1 N–H and O–H groups in total. The Hall–Kier alpha value is -1.12. The smallest absolute Gasteiger partial charge is 0.0294 e. The van der Waals surface area contributed by atoms with Crippen LogP contribution in [0.5, 0.6) is 0 Å². The lowest BCUT2D eigenvalue weighted by Crippen LogP contribution is -2.29. The molecule has 106 valence electrons. The minimum Gasteiger partial charge on any atom is -0.308 e. The van der Waals surface area contributed by atoms with E-state index in [0.717, 1.165) is 17.3 Å². The molecule has 0 bridgehead atoms. The number of nitrogens with one attached hydrogen (secondary N) is 1. The molecule has 20 heavy (non-hydrogen) atoms. The van der Waals surface area contributed by atoms with Gasteiger partial charge < -0.3 is 5.32 Å². The molecule has 0 heterocycles. The van der Waals surface area contributed by atoms with Crippen LogP contribution in [-0.4, -0.2) is 6.04 Å². The normalized spacial score (nSPS) is 13.9. The Morgan fingerprint density at radius 2 is 1.60 bits per heavy atom. The maximum absolute atomic E-state index is 3.67. The highest BCUT2D eigenvalue weighted by Gasteiger charge is 2.09. The zero-order chi connectivity index (χ0) is 14.4. The maximum Gasteiger partial charge on any atom is 0.0294 e. The topological polar surface area (TPSA) is 12.0 Å². The van der Waals surface area contributed by atoms with Gasteiger partial charge in [0, 0.05) is 16.6 Å². The molecule has 0 radical (unpaired) electrons. The van der Waals surface area contributed by atoms with Crippen LogP contribution in [-0.2, 0) is 6.42 Å². The van der Waals surface area contributed by atoms with Gasteiger partial charge in [-0.1, -0.05) is 58.4 Å². The molecular formula is C18H22BrN. The SMILES string of the molecule is CC(CCc1ccccc1)N[C@@H](C)c1ccc(Br)cc1. The average molecular weight is 332 g/mol. The van der Waals surface area contributed by atoms with E-state index in [2.05, 4.69) is 89.7 Å². The number of aryl methyl sites for hydroxylation is 1. The molecule has 0 aromatic heterocycles. The summed E-state index contributed by atoms with van der Waals surface area (Å²) in [6, 6.07) is 20.1. The molecule has 2 rings (SSSR count). The summed E-state index contributed by atoms with van der Waals surface area (Å²) in [6.45, 7) is 4.49. The van der Waals surface area contributed by atoms with Crippen molar-refractivity contribution in [1.29, 1.82) is 0 Å². The summed E-state index contributed by atoms with van der Waals surface area (Å²) in [6.07, 6.45) is 2.28. The predicted octanol–water partition coefficient (Wildman–Crippen LogP) is 5.12. The van der Waals surface area contributed by atoms with Crippen LogP contribution in [0.3, 0.4) is 0 Å². The van der Waals surface area contributed by atoms with Crippen molar-refractivity contribution in [2.75, 3.05) is 0 Å². The molecule has 0 aliphatic heterocycles. The van der Waals surface area contributed by atoms with E-state index < -0.39 is 0 Å². The number of rotatable bonds is 6. The van der Waals surface area contributed by atoms with Gasteiger partial charge in [0.05, 0.1) is 0 Å². The number of hydrogen-bond acceptors (Lipinski definition) is 1. The Morgan fingerprint density at radius 1 is 0.950 bits per heavy atom. The van der Waals surface area contributed by atoms with Gasteiger partial charge in [0.25, 0.3) is 0 Å². The molecule has 2 atom stereocenters. The van der Waals surface area contributed by atoms with Crippen LogP contribution in [0.15, 0.2) is 59.1 Å². The van der Waals surface area contributed by atoms with Crippen molar-refractivity contribution >= 4 is 15.9 Å². The summed E-state index contributed by atoms with van der Waals surface area (Å²) in [7, 11) is 0. The van der Waals surface area contributed by atoms with Gasteiger partial charge in [-0.05, 0) is 49.9 Å². The molecule has 1 nitrogen and oxygen atoms in total. The zero-order valence-corrected chi connectivity index (χ0v) is 13.7. The van der Waals surface area contributed by atoms with Gasteiger partial charge in [-0.15, -0.1) is 0 Å². The monoisotopic (exact) mass is 331 g/mol. The van der Waals surface area contributed by atoms with E-state index in [1.54, 1.807) is 0 Å². The highest BCUT2D eigenvalue weighted by molar-refractivity contribution is 9.10. The summed E-state index contributed by atoms with van der Waals surface area (Å²) in [4.78, 5) is 0. The molecule has 0 fully saturated rings. The third-order valence-electron chi connectivity index (χ3n) is 3.61. The van der Waals surface area contributed by atoms with Gasteiger partial charge in [0.15, 0.2) is 0 Å². The fourth-order valence-corrected chi connectivity index (χ4v) is 2.65. The summed E-state index contributed by atoms with van der Waals surface area (Å²) in [5.41, 5.74) is 2.75. The second-order valence-electron chi connectivity index (χ2n) is 5.37. The van der Waals surface area contributed by atoms with Crippen molar-refractivity contribution in [2.45, 2.75) is 38.8 Å². The maximum atomic E-state index is 3.67. The van der Waals surface area contributed by atoms with Crippen LogP contribution in [0, 0.1) is 0 Å². The first-order chi connectivity index (χ1) is 9.65. The lowest BCUT2D eigenvalue weighted by atomic mass is 10.0.